The molecule has 4 heteroatoms. The van der Waals surface area contributed by atoms with Crippen molar-refractivity contribution in [3.05, 3.63) is 48.0 Å². The number of phenols is 1. The van der Waals surface area contributed by atoms with Crippen molar-refractivity contribution in [2.24, 2.45) is 4.99 Å². The van der Waals surface area contributed by atoms with Crippen LogP contribution in [0.1, 0.15) is 5.56 Å². The van der Waals surface area contributed by atoms with Crippen molar-refractivity contribution in [2.45, 2.75) is 4.90 Å². The number of hydrogen-bond acceptors (Lipinski definition) is 4. The van der Waals surface area contributed by atoms with E-state index in [0.717, 1.165) is 10.6 Å². The fourth-order valence-electron chi connectivity index (χ4n) is 1.52. The van der Waals surface area contributed by atoms with Crippen LogP contribution in [0.2, 0.25) is 0 Å². The number of methoxy groups -OCH3 is 1. The number of nitrogens with zero attached hydrogens (tertiary/aromatic N) is 1. The third kappa shape index (κ3) is 2.65. The van der Waals surface area contributed by atoms with Gasteiger partial charge in [-0.05, 0) is 24.3 Å². The van der Waals surface area contributed by atoms with Gasteiger partial charge in [0.15, 0.2) is 11.5 Å². The number of rotatable bonds is 3. The second-order valence-electron chi connectivity index (χ2n) is 3.65. The minimum absolute atomic E-state index is 0.0837. The lowest BCUT2D eigenvalue weighted by Crippen LogP contribution is -1.88. The van der Waals surface area contributed by atoms with Gasteiger partial charge in [0.2, 0.25) is 0 Å². The fraction of sp³-hybridized carbons (Fsp3) is 0.0714. The van der Waals surface area contributed by atoms with E-state index in [2.05, 4.69) is 17.6 Å². The lowest BCUT2D eigenvalue weighted by atomic mass is 10.2. The zero-order chi connectivity index (χ0) is 13.0. The van der Waals surface area contributed by atoms with Gasteiger partial charge in [0.1, 0.15) is 0 Å². The first kappa shape index (κ1) is 12.5. The molecular weight excluding hydrogens is 246 g/mol. The SMILES string of the molecule is COc1cccc(C=Nc2ccccc2S)c1O. The number of para-hydroxylation sites is 2. The largest absolute Gasteiger partial charge is 0.504 e. The summed E-state index contributed by atoms with van der Waals surface area (Å²) in [6, 6.07) is 12.8. The molecule has 2 rings (SSSR count). The number of aromatic hydroxyl groups is 1. The minimum Gasteiger partial charge on any atom is -0.504 e. The topological polar surface area (TPSA) is 41.8 Å². The minimum atomic E-state index is 0.0837. The average Bonchev–Trinajstić information content (AvgIpc) is 2.39. The van der Waals surface area contributed by atoms with Crippen molar-refractivity contribution >= 4 is 24.5 Å². The van der Waals surface area contributed by atoms with Gasteiger partial charge in [0, 0.05) is 16.7 Å². The summed E-state index contributed by atoms with van der Waals surface area (Å²) in [5.41, 5.74) is 1.36. The monoisotopic (exact) mass is 259 g/mol. The molecule has 18 heavy (non-hydrogen) atoms. The molecule has 0 atom stereocenters. The Morgan fingerprint density at radius 2 is 1.94 bits per heavy atom. The van der Waals surface area contributed by atoms with Crippen molar-refractivity contribution in [3.8, 4) is 11.5 Å². The second kappa shape index (κ2) is 5.60. The Balaban J connectivity index is 2.32. The molecule has 0 aliphatic carbocycles. The summed E-state index contributed by atoms with van der Waals surface area (Å²) in [6.07, 6.45) is 1.59. The molecule has 2 aromatic rings. The molecular formula is C14H13NO2S. The van der Waals surface area contributed by atoms with Crippen LogP contribution in [0.4, 0.5) is 5.69 Å². The van der Waals surface area contributed by atoms with Crippen LogP contribution in [0.25, 0.3) is 0 Å². The average molecular weight is 259 g/mol. The summed E-state index contributed by atoms with van der Waals surface area (Å²) in [5, 5.41) is 9.90. The summed E-state index contributed by atoms with van der Waals surface area (Å²) in [4.78, 5) is 5.08. The summed E-state index contributed by atoms with van der Waals surface area (Å²) in [7, 11) is 1.51. The van der Waals surface area contributed by atoms with Crippen molar-refractivity contribution in [1.82, 2.24) is 0 Å². The maximum atomic E-state index is 9.90. The predicted octanol–water partition coefficient (Wildman–Crippen LogP) is 3.44. The first-order chi connectivity index (χ1) is 8.72. The highest BCUT2D eigenvalue weighted by Crippen LogP contribution is 2.29. The molecule has 92 valence electrons. The Morgan fingerprint density at radius 3 is 2.67 bits per heavy atom. The van der Waals surface area contributed by atoms with Crippen molar-refractivity contribution in [2.75, 3.05) is 7.11 Å². The van der Waals surface area contributed by atoms with E-state index in [-0.39, 0.29) is 5.75 Å². The number of thiol groups is 1. The van der Waals surface area contributed by atoms with Gasteiger partial charge in [-0.2, -0.15) is 0 Å². The molecule has 0 saturated carbocycles. The van der Waals surface area contributed by atoms with Crippen LogP contribution in [0.15, 0.2) is 52.4 Å². The number of aliphatic imine (C=N–C) groups is 1. The molecule has 0 heterocycles. The van der Waals surface area contributed by atoms with E-state index in [0.29, 0.717) is 11.3 Å². The predicted molar refractivity (Wildman–Crippen MR) is 75.6 cm³/mol. The molecule has 2 aromatic carbocycles. The van der Waals surface area contributed by atoms with E-state index in [1.54, 1.807) is 24.4 Å². The molecule has 0 bridgehead atoms. The Labute approximate surface area is 111 Å². The molecule has 0 aliphatic rings. The van der Waals surface area contributed by atoms with Crippen LogP contribution in [0.5, 0.6) is 11.5 Å². The Bertz CT molecular complexity index is 582. The summed E-state index contributed by atoms with van der Waals surface area (Å²) < 4.78 is 5.03. The molecule has 0 radical (unpaired) electrons. The highest BCUT2D eigenvalue weighted by atomic mass is 32.1. The third-order valence-electron chi connectivity index (χ3n) is 2.47. The number of ether oxygens (including phenoxy) is 1. The van der Waals surface area contributed by atoms with E-state index < -0.39 is 0 Å². The maximum absolute atomic E-state index is 9.90. The molecule has 0 amide bonds. The standard InChI is InChI=1S/C14H13NO2S/c1-17-12-7-4-5-10(14(12)16)9-15-11-6-2-3-8-13(11)18/h2-9,16,18H,1H3. The molecule has 1 N–H and O–H groups in total. The van der Waals surface area contributed by atoms with Crippen molar-refractivity contribution < 1.29 is 9.84 Å². The molecule has 0 aliphatic heterocycles. The van der Waals surface area contributed by atoms with Crippen molar-refractivity contribution in [1.29, 1.82) is 0 Å². The van der Waals surface area contributed by atoms with Gasteiger partial charge in [-0.25, -0.2) is 0 Å². The first-order valence-electron chi connectivity index (χ1n) is 5.40. The van der Waals surface area contributed by atoms with E-state index in [4.69, 9.17) is 4.74 Å². The fourth-order valence-corrected chi connectivity index (χ4v) is 1.74. The summed E-state index contributed by atoms with van der Waals surface area (Å²) in [5.74, 6) is 0.513. The first-order valence-corrected chi connectivity index (χ1v) is 5.85. The third-order valence-corrected chi connectivity index (χ3v) is 2.85. The Morgan fingerprint density at radius 1 is 1.17 bits per heavy atom. The van der Waals surface area contributed by atoms with Crippen LogP contribution in [0, 0.1) is 0 Å². The van der Waals surface area contributed by atoms with Gasteiger partial charge in [-0.3, -0.25) is 4.99 Å². The second-order valence-corrected chi connectivity index (χ2v) is 4.13. The highest BCUT2D eigenvalue weighted by molar-refractivity contribution is 7.80. The van der Waals surface area contributed by atoms with Crippen LogP contribution < -0.4 is 4.74 Å². The van der Waals surface area contributed by atoms with E-state index in [1.807, 2.05) is 24.3 Å². The zero-order valence-corrected chi connectivity index (χ0v) is 10.8. The van der Waals surface area contributed by atoms with Gasteiger partial charge >= 0.3 is 0 Å². The van der Waals surface area contributed by atoms with Crippen LogP contribution in [0.3, 0.4) is 0 Å². The smallest absolute Gasteiger partial charge is 0.166 e. The summed E-state index contributed by atoms with van der Waals surface area (Å²) >= 11 is 4.31. The van der Waals surface area contributed by atoms with Crippen LogP contribution in [-0.4, -0.2) is 18.4 Å². The normalized spacial score (nSPS) is 10.8. The lowest BCUT2D eigenvalue weighted by Gasteiger charge is -2.05. The van der Waals surface area contributed by atoms with Crippen LogP contribution in [-0.2, 0) is 0 Å². The maximum Gasteiger partial charge on any atom is 0.166 e. The quantitative estimate of drug-likeness (QED) is 0.655. The van der Waals surface area contributed by atoms with E-state index in [9.17, 15) is 5.11 Å². The zero-order valence-electron chi connectivity index (χ0n) is 9.87. The molecule has 0 unspecified atom stereocenters. The van der Waals surface area contributed by atoms with Crippen molar-refractivity contribution in [3.63, 3.8) is 0 Å². The Kier molecular flexibility index (Phi) is 3.89. The van der Waals surface area contributed by atoms with Gasteiger partial charge < -0.3 is 9.84 Å². The van der Waals surface area contributed by atoms with Gasteiger partial charge in [-0.1, -0.05) is 18.2 Å². The Hall–Kier alpha value is -1.94. The van der Waals surface area contributed by atoms with Crippen LogP contribution >= 0.6 is 12.6 Å². The number of phenolic OH excluding ortho intramolecular Hbond substituents is 1. The number of hydrogen-bond donors (Lipinski definition) is 2. The van der Waals surface area contributed by atoms with E-state index >= 15 is 0 Å². The van der Waals surface area contributed by atoms with Gasteiger partial charge in [0.25, 0.3) is 0 Å². The highest BCUT2D eigenvalue weighted by Gasteiger charge is 2.04. The summed E-state index contributed by atoms with van der Waals surface area (Å²) in [6.45, 7) is 0. The molecule has 0 spiro atoms. The molecule has 0 aromatic heterocycles. The van der Waals surface area contributed by atoms with Gasteiger partial charge in [-0.15, -0.1) is 12.6 Å². The molecule has 3 nitrogen and oxygen atoms in total. The molecule has 0 saturated heterocycles. The molecule has 0 fully saturated rings. The van der Waals surface area contributed by atoms with Gasteiger partial charge in [0.05, 0.1) is 12.8 Å². The lowest BCUT2D eigenvalue weighted by molar-refractivity contribution is 0.373. The number of benzene rings is 2. The van der Waals surface area contributed by atoms with E-state index in [1.165, 1.54) is 7.11 Å².